The zero-order valence-electron chi connectivity index (χ0n) is 18.4. The molecule has 32 heavy (non-hydrogen) atoms. The van der Waals surface area contributed by atoms with E-state index in [0.29, 0.717) is 11.3 Å². The maximum atomic E-state index is 12.9. The highest BCUT2D eigenvalue weighted by molar-refractivity contribution is 7.22. The summed E-state index contributed by atoms with van der Waals surface area (Å²) in [4.78, 5) is 36.9. The fraction of sp³-hybridized carbons (Fsp3) is 0.409. The van der Waals surface area contributed by atoms with Crippen molar-refractivity contribution >= 4 is 44.1 Å². The highest BCUT2D eigenvalue weighted by atomic mass is 32.1. The maximum absolute atomic E-state index is 12.9. The van der Waals surface area contributed by atoms with Crippen LogP contribution in [0.3, 0.4) is 0 Å². The van der Waals surface area contributed by atoms with Crippen molar-refractivity contribution in [3.63, 3.8) is 0 Å². The van der Waals surface area contributed by atoms with E-state index in [9.17, 15) is 9.59 Å². The second-order valence-corrected chi connectivity index (χ2v) is 9.37. The van der Waals surface area contributed by atoms with Crippen molar-refractivity contribution in [2.24, 2.45) is 0 Å². The van der Waals surface area contributed by atoms with Gasteiger partial charge in [-0.05, 0) is 51.2 Å². The van der Waals surface area contributed by atoms with E-state index < -0.39 is 5.69 Å². The number of benzene rings is 1. The fourth-order valence-corrected chi connectivity index (χ4v) is 5.39. The lowest BCUT2D eigenvalue weighted by molar-refractivity contribution is -0.117. The van der Waals surface area contributed by atoms with Gasteiger partial charge < -0.3 is 10.2 Å². The molecule has 1 saturated heterocycles. The number of carbonyl (C=O) groups is 1. The lowest BCUT2D eigenvalue weighted by Crippen LogP contribution is -2.29. The Kier molecular flexibility index (Phi) is 5.16. The molecular weight excluding hydrogens is 426 g/mol. The van der Waals surface area contributed by atoms with Crippen LogP contribution < -0.4 is 15.9 Å². The minimum Gasteiger partial charge on any atom is -0.348 e. The maximum Gasteiger partial charge on any atom is 0.352 e. The second kappa shape index (κ2) is 8.01. The standard InChI is InChI=1S/C22H25N7O2S/c1-13-9-14(2)17(15(3)10-13)24-16(30)11-29-22(31)28-12-23-19-18(20(28)26-29)32-21(25-19)27-7-5-4-6-8-27/h9-10,12H,4-8,11H2,1-3H3,(H,24,30). The molecule has 9 nitrogen and oxygen atoms in total. The monoisotopic (exact) mass is 451 g/mol. The summed E-state index contributed by atoms with van der Waals surface area (Å²) in [5.74, 6) is -0.298. The van der Waals surface area contributed by atoms with E-state index in [2.05, 4.69) is 25.3 Å². The Bertz CT molecular complexity index is 1370. The molecule has 1 aliphatic rings. The van der Waals surface area contributed by atoms with Crippen molar-refractivity contribution in [1.82, 2.24) is 24.1 Å². The quantitative estimate of drug-likeness (QED) is 0.512. The number of nitrogens with zero attached hydrogens (tertiary/aromatic N) is 6. The van der Waals surface area contributed by atoms with Crippen LogP contribution in [0.25, 0.3) is 16.0 Å². The van der Waals surface area contributed by atoms with Gasteiger partial charge >= 0.3 is 5.69 Å². The van der Waals surface area contributed by atoms with E-state index in [-0.39, 0.29) is 12.5 Å². The van der Waals surface area contributed by atoms with E-state index in [1.807, 2.05) is 32.9 Å². The highest BCUT2D eigenvalue weighted by Gasteiger charge is 2.20. The average Bonchev–Trinajstić information content (AvgIpc) is 3.33. The molecule has 0 bridgehead atoms. The molecule has 10 heteroatoms. The third-order valence-corrected chi connectivity index (χ3v) is 6.93. The number of anilines is 2. The van der Waals surface area contributed by atoms with Crippen molar-refractivity contribution < 1.29 is 4.79 Å². The number of aromatic nitrogens is 5. The van der Waals surface area contributed by atoms with Crippen LogP contribution in [-0.2, 0) is 11.3 Å². The lowest BCUT2D eigenvalue weighted by Gasteiger charge is -2.25. The first-order valence-electron chi connectivity index (χ1n) is 10.8. The Hall–Kier alpha value is -3.27. The Morgan fingerprint density at radius 3 is 2.56 bits per heavy atom. The number of rotatable bonds is 4. The van der Waals surface area contributed by atoms with Gasteiger partial charge in [0, 0.05) is 18.8 Å². The smallest absolute Gasteiger partial charge is 0.348 e. The summed E-state index contributed by atoms with van der Waals surface area (Å²) in [5.41, 5.74) is 4.55. The van der Waals surface area contributed by atoms with Crippen LogP contribution in [0.5, 0.6) is 0 Å². The largest absolute Gasteiger partial charge is 0.352 e. The van der Waals surface area contributed by atoms with Crippen molar-refractivity contribution in [3.05, 3.63) is 45.6 Å². The summed E-state index contributed by atoms with van der Waals surface area (Å²) in [6.45, 7) is 7.72. The van der Waals surface area contributed by atoms with Crippen LogP contribution in [-0.4, -0.2) is 43.1 Å². The van der Waals surface area contributed by atoms with Crippen molar-refractivity contribution in [2.75, 3.05) is 23.3 Å². The molecule has 1 N–H and O–H groups in total. The van der Waals surface area contributed by atoms with E-state index in [0.717, 1.165) is 58.1 Å². The van der Waals surface area contributed by atoms with Gasteiger partial charge in [-0.1, -0.05) is 29.0 Å². The van der Waals surface area contributed by atoms with Gasteiger partial charge in [-0.2, -0.15) is 4.98 Å². The molecule has 0 radical (unpaired) electrons. The van der Waals surface area contributed by atoms with Gasteiger partial charge in [-0.25, -0.2) is 18.9 Å². The number of piperidine rings is 1. The molecule has 1 amide bonds. The Morgan fingerprint density at radius 2 is 1.84 bits per heavy atom. The van der Waals surface area contributed by atoms with Crippen LogP contribution in [0, 0.1) is 20.8 Å². The second-order valence-electron chi connectivity index (χ2n) is 8.40. The first-order chi connectivity index (χ1) is 15.4. The molecule has 0 spiro atoms. The molecule has 1 fully saturated rings. The Morgan fingerprint density at radius 1 is 1.12 bits per heavy atom. The van der Waals surface area contributed by atoms with Crippen LogP contribution in [0.15, 0.2) is 23.3 Å². The topological polar surface area (TPSA) is 97.4 Å². The van der Waals surface area contributed by atoms with Crippen molar-refractivity contribution in [3.8, 4) is 0 Å². The van der Waals surface area contributed by atoms with E-state index in [1.54, 1.807) is 0 Å². The number of carbonyl (C=O) groups excluding carboxylic acids is 1. The number of fused-ring (bicyclic) bond motifs is 3. The van der Waals surface area contributed by atoms with Crippen LogP contribution in [0.1, 0.15) is 36.0 Å². The first kappa shape index (κ1) is 20.6. The van der Waals surface area contributed by atoms with E-state index >= 15 is 0 Å². The Labute approximate surface area is 188 Å². The van der Waals surface area contributed by atoms with Gasteiger partial charge in [-0.15, -0.1) is 5.10 Å². The molecule has 166 valence electrons. The zero-order chi connectivity index (χ0) is 22.4. The number of hydrogen-bond donors (Lipinski definition) is 1. The number of amides is 1. The van der Waals surface area contributed by atoms with Gasteiger partial charge in [0.05, 0.1) is 0 Å². The molecule has 0 aliphatic carbocycles. The summed E-state index contributed by atoms with van der Waals surface area (Å²) in [6.07, 6.45) is 4.99. The third-order valence-electron chi connectivity index (χ3n) is 5.83. The average molecular weight is 452 g/mol. The van der Waals surface area contributed by atoms with Gasteiger partial charge in [0.1, 0.15) is 17.6 Å². The SMILES string of the molecule is Cc1cc(C)c(NC(=O)Cn2nc3c4sc(N5CCCCC5)nc4ncn3c2=O)c(C)c1. The number of hydrogen-bond acceptors (Lipinski definition) is 7. The number of nitrogens with one attached hydrogen (secondary N) is 1. The van der Waals surface area contributed by atoms with Gasteiger partial charge in [0.25, 0.3) is 0 Å². The minimum absolute atomic E-state index is 0.174. The summed E-state index contributed by atoms with van der Waals surface area (Å²) < 4.78 is 3.33. The third kappa shape index (κ3) is 3.64. The molecule has 1 aliphatic heterocycles. The van der Waals surface area contributed by atoms with Crippen LogP contribution in [0.2, 0.25) is 0 Å². The molecule has 0 unspecified atom stereocenters. The first-order valence-corrected chi connectivity index (χ1v) is 11.6. The predicted octanol–water partition coefficient (Wildman–Crippen LogP) is 3.05. The van der Waals surface area contributed by atoms with Gasteiger partial charge in [-0.3, -0.25) is 4.79 Å². The molecule has 3 aromatic heterocycles. The molecule has 4 heterocycles. The normalized spacial score (nSPS) is 14.4. The van der Waals surface area contributed by atoms with Crippen molar-refractivity contribution in [1.29, 1.82) is 0 Å². The highest BCUT2D eigenvalue weighted by Crippen LogP contribution is 2.31. The molecule has 0 saturated carbocycles. The minimum atomic E-state index is -0.394. The van der Waals surface area contributed by atoms with E-state index in [1.165, 1.54) is 33.2 Å². The van der Waals surface area contributed by atoms with Gasteiger partial charge in [0.15, 0.2) is 16.4 Å². The van der Waals surface area contributed by atoms with E-state index in [4.69, 9.17) is 0 Å². The summed E-state index contributed by atoms with van der Waals surface area (Å²) in [5, 5.41) is 8.30. The Balaban J connectivity index is 1.45. The van der Waals surface area contributed by atoms with Crippen molar-refractivity contribution in [2.45, 2.75) is 46.6 Å². The number of aryl methyl sites for hydroxylation is 3. The number of thiazole rings is 1. The zero-order valence-corrected chi connectivity index (χ0v) is 19.2. The molecule has 5 rings (SSSR count). The molecule has 1 aromatic carbocycles. The van der Waals surface area contributed by atoms with Crippen LogP contribution in [0.4, 0.5) is 10.8 Å². The molecular formula is C22H25N7O2S. The summed E-state index contributed by atoms with van der Waals surface area (Å²) in [7, 11) is 0. The molecule has 0 atom stereocenters. The fourth-order valence-electron chi connectivity index (χ4n) is 4.34. The predicted molar refractivity (Wildman–Crippen MR) is 126 cm³/mol. The molecule has 4 aromatic rings. The summed E-state index contributed by atoms with van der Waals surface area (Å²) in [6, 6.07) is 4.04. The summed E-state index contributed by atoms with van der Waals surface area (Å²) >= 11 is 1.50. The van der Waals surface area contributed by atoms with Crippen LogP contribution >= 0.6 is 11.3 Å². The lowest BCUT2D eigenvalue weighted by atomic mass is 10.1. The van der Waals surface area contributed by atoms with Gasteiger partial charge in [0.2, 0.25) is 5.91 Å².